The number of nitriles is 1. The third-order valence-corrected chi connectivity index (χ3v) is 5.59. The molecule has 126 valence electrons. The van der Waals surface area contributed by atoms with E-state index >= 15 is 0 Å². The van der Waals surface area contributed by atoms with Crippen molar-refractivity contribution in [1.82, 2.24) is 14.9 Å². The third-order valence-electron chi connectivity index (χ3n) is 4.61. The van der Waals surface area contributed by atoms with Crippen LogP contribution in [0, 0.1) is 11.3 Å². The number of hydrogen-bond acceptors (Lipinski definition) is 5. The van der Waals surface area contributed by atoms with Crippen molar-refractivity contribution < 1.29 is 5.11 Å². The van der Waals surface area contributed by atoms with E-state index in [1.165, 1.54) is 4.88 Å². The van der Waals surface area contributed by atoms with E-state index in [-0.39, 0.29) is 11.3 Å². The summed E-state index contributed by atoms with van der Waals surface area (Å²) in [5.41, 5.74) is 1.86. The van der Waals surface area contributed by atoms with Crippen LogP contribution >= 0.6 is 11.3 Å². The Labute approximate surface area is 149 Å². The monoisotopic (exact) mass is 350 g/mol. The van der Waals surface area contributed by atoms with Gasteiger partial charge in [0.2, 0.25) is 0 Å². The van der Waals surface area contributed by atoms with Crippen LogP contribution in [0.3, 0.4) is 0 Å². The second-order valence-electron chi connectivity index (χ2n) is 6.18. The zero-order valence-electron chi connectivity index (χ0n) is 13.6. The summed E-state index contributed by atoms with van der Waals surface area (Å²) in [5.74, 6) is 0.498. The van der Waals surface area contributed by atoms with E-state index < -0.39 is 0 Å². The highest BCUT2D eigenvalue weighted by Crippen LogP contribution is 2.35. The zero-order chi connectivity index (χ0) is 17.2. The Bertz CT molecular complexity index is 918. The molecule has 1 aliphatic rings. The lowest BCUT2D eigenvalue weighted by Gasteiger charge is -2.23. The van der Waals surface area contributed by atoms with Gasteiger partial charge in [0.05, 0.1) is 17.6 Å². The number of hydrogen-bond donors (Lipinski definition) is 2. The number of allylic oxidation sites excluding steroid dienone is 1. The molecular weight excluding hydrogens is 332 g/mol. The summed E-state index contributed by atoms with van der Waals surface area (Å²) in [7, 11) is 0. The second kappa shape index (κ2) is 6.71. The lowest BCUT2D eigenvalue weighted by atomic mass is 10.1. The van der Waals surface area contributed by atoms with Gasteiger partial charge in [0.15, 0.2) is 5.82 Å². The number of benzene rings is 1. The fourth-order valence-corrected chi connectivity index (χ4v) is 4.31. The summed E-state index contributed by atoms with van der Waals surface area (Å²) in [6.45, 7) is 1.29. The summed E-state index contributed by atoms with van der Waals surface area (Å²) < 4.78 is 0. The normalized spacial score (nSPS) is 19.1. The van der Waals surface area contributed by atoms with Crippen LogP contribution in [0.4, 0.5) is 0 Å². The number of nitrogens with one attached hydrogen (secondary N) is 1. The highest BCUT2D eigenvalue weighted by molar-refractivity contribution is 7.10. The number of fused-ring (bicyclic) bond motifs is 1. The topological polar surface area (TPSA) is 75.9 Å². The number of likely N-dealkylation sites (tertiary alicyclic amines) is 1. The average Bonchev–Trinajstić information content (AvgIpc) is 3.35. The lowest BCUT2D eigenvalue weighted by Crippen LogP contribution is -2.25. The van der Waals surface area contributed by atoms with E-state index in [1.807, 2.05) is 24.3 Å². The molecule has 1 atom stereocenters. The molecule has 6 heteroatoms. The first-order chi connectivity index (χ1) is 12.3. The number of aromatic amines is 1. The predicted molar refractivity (Wildman–Crippen MR) is 99.1 cm³/mol. The van der Waals surface area contributed by atoms with E-state index in [1.54, 1.807) is 11.3 Å². The smallest absolute Gasteiger partial charge is 0.152 e. The Morgan fingerprint density at radius 1 is 1.36 bits per heavy atom. The first-order valence-corrected chi connectivity index (χ1v) is 9.19. The molecule has 1 aromatic carbocycles. The SMILES string of the molecule is N#C/C(=C(/O)CN1CCC[C@H]1c1cccs1)c1nc2ccccc2[nH]1. The minimum absolute atomic E-state index is 0.0741. The van der Waals surface area contributed by atoms with E-state index in [2.05, 4.69) is 38.4 Å². The van der Waals surface area contributed by atoms with E-state index in [0.717, 1.165) is 30.4 Å². The van der Waals surface area contributed by atoms with Crippen LogP contribution in [0.2, 0.25) is 0 Å². The molecule has 2 N–H and O–H groups in total. The van der Waals surface area contributed by atoms with Crippen molar-refractivity contribution in [3.63, 3.8) is 0 Å². The van der Waals surface area contributed by atoms with E-state index in [4.69, 9.17) is 0 Å². The molecule has 1 saturated heterocycles. The van der Waals surface area contributed by atoms with Crippen LogP contribution in [0.1, 0.15) is 29.6 Å². The van der Waals surface area contributed by atoms with Crippen molar-refractivity contribution in [2.75, 3.05) is 13.1 Å². The summed E-state index contributed by atoms with van der Waals surface area (Å²) >= 11 is 1.74. The molecule has 3 heterocycles. The number of para-hydroxylation sites is 2. The van der Waals surface area contributed by atoms with E-state index in [9.17, 15) is 10.4 Å². The number of imidazole rings is 1. The maximum atomic E-state index is 10.6. The lowest BCUT2D eigenvalue weighted by molar-refractivity contribution is 0.239. The molecule has 0 bridgehead atoms. The van der Waals surface area contributed by atoms with Crippen LogP contribution < -0.4 is 0 Å². The Morgan fingerprint density at radius 3 is 3.00 bits per heavy atom. The van der Waals surface area contributed by atoms with Gasteiger partial charge < -0.3 is 10.1 Å². The van der Waals surface area contributed by atoms with Gasteiger partial charge in [0, 0.05) is 10.9 Å². The van der Waals surface area contributed by atoms with Gasteiger partial charge in [0.25, 0.3) is 0 Å². The summed E-state index contributed by atoms with van der Waals surface area (Å²) in [6.07, 6.45) is 2.18. The number of rotatable bonds is 4. The number of H-pyrrole nitrogens is 1. The highest BCUT2D eigenvalue weighted by Gasteiger charge is 2.28. The summed E-state index contributed by atoms with van der Waals surface area (Å²) in [4.78, 5) is 11.1. The van der Waals surface area contributed by atoms with E-state index in [0.29, 0.717) is 18.4 Å². The molecule has 0 unspecified atom stereocenters. The molecule has 0 spiro atoms. The number of aromatic nitrogens is 2. The Balaban J connectivity index is 1.62. The minimum Gasteiger partial charge on any atom is -0.509 e. The molecule has 4 rings (SSSR count). The molecule has 25 heavy (non-hydrogen) atoms. The largest absolute Gasteiger partial charge is 0.509 e. The number of aliphatic hydroxyl groups is 1. The molecule has 0 aliphatic carbocycles. The van der Waals surface area contributed by atoms with Gasteiger partial charge >= 0.3 is 0 Å². The first kappa shape index (κ1) is 15.9. The minimum atomic E-state index is 0.0741. The van der Waals surface area contributed by atoms with Gasteiger partial charge in [-0.05, 0) is 43.0 Å². The second-order valence-corrected chi connectivity index (χ2v) is 7.16. The first-order valence-electron chi connectivity index (χ1n) is 8.31. The Hall–Kier alpha value is -2.62. The molecule has 5 nitrogen and oxygen atoms in total. The van der Waals surface area contributed by atoms with Crippen LogP contribution in [0.15, 0.2) is 47.5 Å². The fraction of sp³-hybridized carbons (Fsp3) is 0.263. The molecule has 0 amide bonds. The van der Waals surface area contributed by atoms with Crippen LogP contribution in [-0.2, 0) is 0 Å². The van der Waals surface area contributed by atoms with Crippen LogP contribution in [0.5, 0.6) is 0 Å². The van der Waals surface area contributed by atoms with Gasteiger partial charge in [-0.1, -0.05) is 18.2 Å². The molecular formula is C19H18N4OS. The van der Waals surface area contributed by atoms with Crippen LogP contribution in [0.25, 0.3) is 16.6 Å². The van der Waals surface area contributed by atoms with Crippen molar-refractivity contribution in [2.45, 2.75) is 18.9 Å². The number of aliphatic hydroxyl groups excluding tert-OH is 1. The molecule has 0 radical (unpaired) electrons. The van der Waals surface area contributed by atoms with Crippen molar-refractivity contribution in [1.29, 1.82) is 5.26 Å². The summed E-state index contributed by atoms with van der Waals surface area (Å²) in [6, 6.07) is 14.2. The van der Waals surface area contributed by atoms with Gasteiger partial charge in [0.1, 0.15) is 17.4 Å². The van der Waals surface area contributed by atoms with Crippen molar-refractivity contribution >= 4 is 27.9 Å². The molecule has 0 saturated carbocycles. The standard InChI is InChI=1S/C19H18N4OS/c20-11-13(19-21-14-5-1-2-6-15(14)22-19)17(24)12-23-9-3-7-16(23)18-8-4-10-25-18/h1-2,4-6,8,10,16,24H,3,7,9,12H2,(H,21,22)/b17-13-/t16-/m0/s1. The maximum Gasteiger partial charge on any atom is 0.152 e. The molecule has 3 aromatic rings. The fourth-order valence-electron chi connectivity index (χ4n) is 3.42. The van der Waals surface area contributed by atoms with Gasteiger partial charge in [-0.15, -0.1) is 11.3 Å². The average molecular weight is 350 g/mol. The predicted octanol–water partition coefficient (Wildman–Crippen LogP) is 4.25. The number of thiophene rings is 1. The molecule has 1 aliphatic heterocycles. The van der Waals surface area contributed by atoms with Crippen molar-refractivity contribution in [2.24, 2.45) is 0 Å². The maximum absolute atomic E-state index is 10.6. The highest BCUT2D eigenvalue weighted by atomic mass is 32.1. The van der Waals surface area contributed by atoms with Gasteiger partial charge in [-0.25, -0.2) is 4.98 Å². The number of nitrogens with zero attached hydrogens (tertiary/aromatic N) is 3. The van der Waals surface area contributed by atoms with Crippen molar-refractivity contribution in [3.05, 3.63) is 58.2 Å². The van der Waals surface area contributed by atoms with Crippen molar-refractivity contribution in [3.8, 4) is 6.07 Å². The Morgan fingerprint density at radius 2 is 2.24 bits per heavy atom. The van der Waals surface area contributed by atoms with Crippen LogP contribution in [-0.4, -0.2) is 33.1 Å². The Kier molecular flexibility index (Phi) is 4.26. The molecule has 1 fully saturated rings. The van der Waals surface area contributed by atoms with Gasteiger partial charge in [-0.2, -0.15) is 5.26 Å². The molecule has 2 aromatic heterocycles. The zero-order valence-corrected chi connectivity index (χ0v) is 14.5. The third kappa shape index (κ3) is 3.04. The van der Waals surface area contributed by atoms with Gasteiger partial charge in [-0.3, -0.25) is 4.90 Å². The summed E-state index contributed by atoms with van der Waals surface area (Å²) in [5, 5.41) is 22.3. The quantitative estimate of drug-likeness (QED) is 0.545.